The van der Waals surface area contributed by atoms with Crippen molar-refractivity contribution in [3.8, 4) is 11.5 Å². The summed E-state index contributed by atoms with van der Waals surface area (Å²) in [6.07, 6.45) is 2.03. The second-order valence-electron chi connectivity index (χ2n) is 4.42. The van der Waals surface area contributed by atoms with Crippen molar-refractivity contribution in [2.45, 2.75) is 6.42 Å². The fraction of sp³-hybridized carbons (Fsp3) is 0.400. The van der Waals surface area contributed by atoms with Crippen molar-refractivity contribution in [3.63, 3.8) is 0 Å². The van der Waals surface area contributed by atoms with E-state index < -0.39 is 11.8 Å². The molecule has 1 rings (SSSR count). The zero-order valence-corrected chi connectivity index (χ0v) is 13.4. The van der Waals surface area contributed by atoms with Crippen molar-refractivity contribution in [1.29, 1.82) is 0 Å². The standard InChI is InChI=1S/C15H21N3O5/c1-21-8-4-7-16-14(19)15(20)18-17-10-11-5-6-12(22-2)13(9-11)23-3/h5-6,9-10H,4,7-8H2,1-3H3,(H,16,19)(H,18,20)/b17-10-. The van der Waals surface area contributed by atoms with E-state index in [1.807, 2.05) is 0 Å². The van der Waals surface area contributed by atoms with Crippen molar-refractivity contribution >= 4 is 18.0 Å². The summed E-state index contributed by atoms with van der Waals surface area (Å²) in [4.78, 5) is 23.0. The van der Waals surface area contributed by atoms with E-state index in [2.05, 4.69) is 15.8 Å². The molecular weight excluding hydrogens is 302 g/mol. The highest BCUT2D eigenvalue weighted by molar-refractivity contribution is 6.35. The molecular formula is C15H21N3O5. The molecule has 0 aromatic heterocycles. The molecule has 126 valence electrons. The van der Waals surface area contributed by atoms with Gasteiger partial charge in [0.05, 0.1) is 20.4 Å². The minimum Gasteiger partial charge on any atom is -0.493 e. The number of hydrogen-bond donors (Lipinski definition) is 2. The number of carbonyl (C=O) groups is 2. The largest absolute Gasteiger partial charge is 0.493 e. The van der Waals surface area contributed by atoms with E-state index in [1.165, 1.54) is 20.4 Å². The number of amides is 2. The van der Waals surface area contributed by atoms with Crippen LogP contribution in [0.5, 0.6) is 11.5 Å². The van der Waals surface area contributed by atoms with Gasteiger partial charge in [0.1, 0.15) is 0 Å². The third kappa shape index (κ3) is 6.35. The first-order chi connectivity index (χ1) is 11.1. The van der Waals surface area contributed by atoms with Crippen molar-refractivity contribution in [1.82, 2.24) is 10.7 Å². The number of rotatable bonds is 8. The Morgan fingerprint density at radius 3 is 2.52 bits per heavy atom. The lowest BCUT2D eigenvalue weighted by Crippen LogP contribution is -2.38. The van der Waals surface area contributed by atoms with Crippen LogP contribution in [0.25, 0.3) is 0 Å². The molecule has 0 heterocycles. The van der Waals surface area contributed by atoms with E-state index in [-0.39, 0.29) is 0 Å². The predicted molar refractivity (Wildman–Crippen MR) is 84.8 cm³/mol. The number of carbonyl (C=O) groups excluding carboxylic acids is 2. The molecule has 0 spiro atoms. The Labute approximate surface area is 134 Å². The zero-order chi connectivity index (χ0) is 17.1. The van der Waals surface area contributed by atoms with Crippen LogP contribution in [0.1, 0.15) is 12.0 Å². The quantitative estimate of drug-likeness (QED) is 0.310. The van der Waals surface area contributed by atoms with Crippen molar-refractivity contribution < 1.29 is 23.8 Å². The van der Waals surface area contributed by atoms with Gasteiger partial charge in [-0.3, -0.25) is 9.59 Å². The van der Waals surface area contributed by atoms with Gasteiger partial charge in [-0.25, -0.2) is 5.43 Å². The zero-order valence-electron chi connectivity index (χ0n) is 13.4. The minimum atomic E-state index is -0.834. The molecule has 0 saturated heterocycles. The summed E-state index contributed by atoms with van der Waals surface area (Å²) in [6.45, 7) is 0.874. The number of benzene rings is 1. The summed E-state index contributed by atoms with van der Waals surface area (Å²) in [5.41, 5.74) is 2.84. The topological polar surface area (TPSA) is 98.2 Å². The fourth-order valence-corrected chi connectivity index (χ4v) is 1.65. The first kappa shape index (κ1) is 18.4. The maximum Gasteiger partial charge on any atom is 0.329 e. The number of ether oxygens (including phenoxy) is 3. The average Bonchev–Trinajstić information content (AvgIpc) is 2.58. The molecule has 8 heteroatoms. The Balaban J connectivity index is 2.48. The lowest BCUT2D eigenvalue weighted by molar-refractivity contribution is -0.139. The fourth-order valence-electron chi connectivity index (χ4n) is 1.65. The molecule has 0 unspecified atom stereocenters. The van der Waals surface area contributed by atoms with Crippen LogP contribution in [0.3, 0.4) is 0 Å². The van der Waals surface area contributed by atoms with Crippen LogP contribution in [0.4, 0.5) is 0 Å². The van der Waals surface area contributed by atoms with Crippen molar-refractivity contribution in [2.75, 3.05) is 34.5 Å². The number of nitrogens with zero attached hydrogens (tertiary/aromatic N) is 1. The summed E-state index contributed by atoms with van der Waals surface area (Å²) in [7, 11) is 4.63. The first-order valence-electron chi connectivity index (χ1n) is 6.94. The van der Waals surface area contributed by atoms with E-state index in [0.29, 0.717) is 36.6 Å². The monoisotopic (exact) mass is 323 g/mol. The van der Waals surface area contributed by atoms with Gasteiger partial charge in [0.25, 0.3) is 0 Å². The van der Waals surface area contributed by atoms with Gasteiger partial charge in [-0.1, -0.05) is 0 Å². The molecule has 0 saturated carbocycles. The molecule has 1 aromatic rings. The van der Waals surface area contributed by atoms with E-state index in [0.717, 1.165) is 0 Å². The smallest absolute Gasteiger partial charge is 0.329 e. The Hall–Kier alpha value is -2.61. The highest BCUT2D eigenvalue weighted by atomic mass is 16.5. The van der Waals surface area contributed by atoms with Crippen LogP contribution in [0.2, 0.25) is 0 Å². The Morgan fingerprint density at radius 1 is 1.13 bits per heavy atom. The van der Waals surface area contributed by atoms with Crippen LogP contribution >= 0.6 is 0 Å². The molecule has 0 aliphatic heterocycles. The third-order valence-electron chi connectivity index (χ3n) is 2.80. The van der Waals surface area contributed by atoms with Crippen LogP contribution in [0.15, 0.2) is 23.3 Å². The SMILES string of the molecule is COCCCNC(=O)C(=O)N/N=C\c1ccc(OC)c(OC)c1. The van der Waals surface area contributed by atoms with Gasteiger partial charge >= 0.3 is 11.8 Å². The lowest BCUT2D eigenvalue weighted by Gasteiger charge is -2.07. The van der Waals surface area contributed by atoms with Crippen molar-refractivity contribution in [3.05, 3.63) is 23.8 Å². The molecule has 0 aliphatic rings. The summed E-state index contributed by atoms with van der Waals surface area (Å²) < 4.78 is 15.1. The van der Waals surface area contributed by atoms with Gasteiger partial charge in [0.15, 0.2) is 11.5 Å². The van der Waals surface area contributed by atoms with Gasteiger partial charge in [-0.15, -0.1) is 0 Å². The number of hydrogen-bond acceptors (Lipinski definition) is 6. The third-order valence-corrected chi connectivity index (χ3v) is 2.80. The molecule has 8 nitrogen and oxygen atoms in total. The van der Waals surface area contributed by atoms with E-state index in [4.69, 9.17) is 14.2 Å². The molecule has 0 fully saturated rings. The predicted octanol–water partition coefficient (Wildman–Crippen LogP) is 0.307. The molecule has 2 amide bonds. The van der Waals surface area contributed by atoms with Gasteiger partial charge in [-0.2, -0.15) is 5.10 Å². The molecule has 0 atom stereocenters. The van der Waals surface area contributed by atoms with Gasteiger partial charge in [-0.05, 0) is 30.2 Å². The molecule has 0 radical (unpaired) electrons. The van der Waals surface area contributed by atoms with Crippen LogP contribution < -0.4 is 20.2 Å². The molecule has 0 aliphatic carbocycles. The summed E-state index contributed by atoms with van der Waals surface area (Å²) in [5.74, 6) is -0.451. The Morgan fingerprint density at radius 2 is 1.87 bits per heavy atom. The summed E-state index contributed by atoms with van der Waals surface area (Å²) in [5, 5.41) is 6.19. The van der Waals surface area contributed by atoms with Crippen LogP contribution in [-0.2, 0) is 14.3 Å². The Kier molecular flexibility index (Phi) is 8.16. The molecule has 2 N–H and O–H groups in total. The number of hydrazone groups is 1. The lowest BCUT2D eigenvalue weighted by atomic mass is 10.2. The summed E-state index contributed by atoms with van der Waals surface area (Å²) >= 11 is 0. The summed E-state index contributed by atoms with van der Waals surface area (Å²) in [6, 6.07) is 5.14. The molecule has 1 aromatic carbocycles. The van der Waals surface area contributed by atoms with E-state index in [1.54, 1.807) is 25.3 Å². The highest BCUT2D eigenvalue weighted by Crippen LogP contribution is 2.26. The Bertz CT molecular complexity index is 560. The average molecular weight is 323 g/mol. The van der Waals surface area contributed by atoms with Crippen LogP contribution in [0, 0.1) is 0 Å². The molecule has 0 bridgehead atoms. The number of methoxy groups -OCH3 is 3. The second-order valence-corrected chi connectivity index (χ2v) is 4.42. The number of nitrogens with one attached hydrogen (secondary N) is 2. The van der Waals surface area contributed by atoms with Gasteiger partial charge in [0, 0.05) is 20.3 Å². The van der Waals surface area contributed by atoms with E-state index >= 15 is 0 Å². The maximum atomic E-state index is 11.5. The highest BCUT2D eigenvalue weighted by Gasteiger charge is 2.11. The van der Waals surface area contributed by atoms with Gasteiger partial charge in [0.2, 0.25) is 0 Å². The van der Waals surface area contributed by atoms with Gasteiger partial charge < -0.3 is 19.5 Å². The first-order valence-corrected chi connectivity index (χ1v) is 6.94. The van der Waals surface area contributed by atoms with E-state index in [9.17, 15) is 9.59 Å². The van der Waals surface area contributed by atoms with Crippen molar-refractivity contribution in [2.24, 2.45) is 5.10 Å². The second kappa shape index (κ2) is 10.2. The maximum absolute atomic E-state index is 11.5. The van der Waals surface area contributed by atoms with Crippen LogP contribution in [-0.4, -0.2) is 52.5 Å². The molecule has 23 heavy (non-hydrogen) atoms. The minimum absolute atomic E-state index is 0.361. The normalized spacial score (nSPS) is 10.4.